The number of halogens is 4. The molecule has 0 amide bonds. The zero-order valence-electron chi connectivity index (χ0n) is 15.0. The summed E-state index contributed by atoms with van der Waals surface area (Å²) in [5, 5.41) is 6.45. The van der Waals surface area contributed by atoms with E-state index in [0.717, 1.165) is 4.52 Å². The number of anilines is 1. The van der Waals surface area contributed by atoms with E-state index in [1.807, 2.05) is 19.0 Å². The Balaban J connectivity index is 1.84. The second kappa shape index (κ2) is 7.10. The number of benzene rings is 1. The topological polar surface area (TPSA) is 58.4 Å². The van der Waals surface area contributed by atoms with Crippen LogP contribution in [-0.4, -0.2) is 38.6 Å². The van der Waals surface area contributed by atoms with Crippen LogP contribution in [-0.2, 0) is 19.3 Å². The summed E-state index contributed by atoms with van der Waals surface area (Å²) in [5.74, 6) is -1.46. The van der Waals surface area contributed by atoms with Crippen LogP contribution < -0.4 is 5.32 Å². The molecular formula is C17H18F4N6. The van der Waals surface area contributed by atoms with Crippen LogP contribution in [0.2, 0.25) is 0 Å². The summed E-state index contributed by atoms with van der Waals surface area (Å²) in [6.45, 7) is 2.32. The summed E-state index contributed by atoms with van der Waals surface area (Å²) in [6.07, 6.45) is -4.66. The molecule has 0 unspecified atom stereocenters. The third-order valence-electron chi connectivity index (χ3n) is 3.77. The van der Waals surface area contributed by atoms with Gasteiger partial charge >= 0.3 is 6.18 Å². The number of hydrogen-bond acceptors (Lipinski definition) is 5. The van der Waals surface area contributed by atoms with Gasteiger partial charge in [0.1, 0.15) is 11.6 Å². The Morgan fingerprint density at radius 3 is 2.52 bits per heavy atom. The van der Waals surface area contributed by atoms with Gasteiger partial charge in [0, 0.05) is 30.4 Å². The molecule has 0 bridgehead atoms. The van der Waals surface area contributed by atoms with Crippen LogP contribution in [0.4, 0.5) is 23.4 Å². The monoisotopic (exact) mass is 382 g/mol. The Morgan fingerprint density at radius 1 is 1.15 bits per heavy atom. The SMILES string of the molecule is Cc1cc(NCc2ccc(CN(C)C)c(F)c2)n2nc(C(F)(F)F)nc2n1. The quantitative estimate of drug-likeness (QED) is 0.687. The minimum Gasteiger partial charge on any atom is -0.366 e. The van der Waals surface area contributed by atoms with Gasteiger partial charge in [0.2, 0.25) is 0 Å². The van der Waals surface area contributed by atoms with E-state index in [4.69, 9.17) is 0 Å². The lowest BCUT2D eigenvalue weighted by molar-refractivity contribution is -0.144. The summed E-state index contributed by atoms with van der Waals surface area (Å²) >= 11 is 0. The third kappa shape index (κ3) is 4.33. The molecule has 0 atom stereocenters. The van der Waals surface area contributed by atoms with Crippen LogP contribution in [0.5, 0.6) is 0 Å². The van der Waals surface area contributed by atoms with Crippen molar-refractivity contribution in [2.75, 3.05) is 19.4 Å². The van der Waals surface area contributed by atoms with Gasteiger partial charge in [0.15, 0.2) is 0 Å². The zero-order valence-corrected chi connectivity index (χ0v) is 15.0. The highest BCUT2D eigenvalue weighted by molar-refractivity contribution is 5.46. The molecule has 0 aliphatic rings. The van der Waals surface area contributed by atoms with Crippen molar-refractivity contribution in [1.82, 2.24) is 24.5 Å². The van der Waals surface area contributed by atoms with Gasteiger partial charge in [-0.1, -0.05) is 12.1 Å². The molecule has 0 saturated carbocycles. The van der Waals surface area contributed by atoms with Crippen molar-refractivity contribution in [2.45, 2.75) is 26.2 Å². The molecule has 3 aromatic rings. The molecule has 3 rings (SSSR count). The number of fused-ring (bicyclic) bond motifs is 1. The highest BCUT2D eigenvalue weighted by Crippen LogP contribution is 2.27. The van der Waals surface area contributed by atoms with Gasteiger partial charge in [-0.25, -0.2) is 9.37 Å². The molecule has 0 radical (unpaired) electrons. The molecule has 2 heterocycles. The second-order valence-corrected chi connectivity index (χ2v) is 6.44. The number of aryl methyl sites for hydroxylation is 1. The van der Waals surface area contributed by atoms with E-state index in [9.17, 15) is 17.6 Å². The fourth-order valence-corrected chi connectivity index (χ4v) is 2.60. The lowest BCUT2D eigenvalue weighted by atomic mass is 10.1. The Bertz CT molecular complexity index is 964. The first-order valence-corrected chi connectivity index (χ1v) is 8.11. The highest BCUT2D eigenvalue weighted by Gasteiger charge is 2.36. The Labute approximate surface area is 152 Å². The van der Waals surface area contributed by atoms with Crippen LogP contribution in [0.1, 0.15) is 22.6 Å². The molecular weight excluding hydrogens is 364 g/mol. The molecule has 1 aromatic carbocycles. The second-order valence-electron chi connectivity index (χ2n) is 6.44. The molecule has 0 aliphatic heterocycles. The maximum Gasteiger partial charge on any atom is 0.453 e. The van der Waals surface area contributed by atoms with Gasteiger partial charge in [-0.2, -0.15) is 22.7 Å². The molecule has 1 N–H and O–H groups in total. The molecule has 6 nitrogen and oxygen atoms in total. The van der Waals surface area contributed by atoms with Crippen LogP contribution in [0.15, 0.2) is 24.3 Å². The predicted octanol–water partition coefficient (Wildman–Crippen LogP) is 3.26. The number of hydrogen-bond donors (Lipinski definition) is 1. The molecule has 10 heteroatoms. The smallest absolute Gasteiger partial charge is 0.366 e. The van der Waals surface area contributed by atoms with Gasteiger partial charge in [-0.3, -0.25) is 0 Å². The number of rotatable bonds is 5. The first-order valence-electron chi connectivity index (χ1n) is 8.11. The first-order chi connectivity index (χ1) is 12.6. The largest absolute Gasteiger partial charge is 0.453 e. The van der Waals surface area contributed by atoms with Crippen molar-refractivity contribution in [1.29, 1.82) is 0 Å². The maximum absolute atomic E-state index is 14.2. The average Bonchev–Trinajstić information content (AvgIpc) is 2.98. The Hall–Kier alpha value is -2.75. The molecule has 0 saturated heterocycles. The van der Waals surface area contributed by atoms with Crippen molar-refractivity contribution in [3.8, 4) is 0 Å². The van der Waals surface area contributed by atoms with E-state index in [2.05, 4.69) is 20.4 Å². The van der Waals surface area contributed by atoms with E-state index in [1.54, 1.807) is 25.1 Å². The van der Waals surface area contributed by atoms with Crippen LogP contribution in [0.25, 0.3) is 5.78 Å². The number of nitrogens with zero attached hydrogens (tertiary/aromatic N) is 5. The van der Waals surface area contributed by atoms with E-state index < -0.39 is 12.0 Å². The lowest BCUT2D eigenvalue weighted by Crippen LogP contribution is -2.12. The fourth-order valence-electron chi connectivity index (χ4n) is 2.60. The van der Waals surface area contributed by atoms with E-state index in [1.165, 1.54) is 6.07 Å². The number of nitrogens with one attached hydrogen (secondary N) is 1. The van der Waals surface area contributed by atoms with Crippen molar-refractivity contribution in [2.24, 2.45) is 0 Å². The lowest BCUT2D eigenvalue weighted by Gasteiger charge is -2.12. The van der Waals surface area contributed by atoms with Crippen LogP contribution >= 0.6 is 0 Å². The third-order valence-corrected chi connectivity index (χ3v) is 3.77. The van der Waals surface area contributed by atoms with Gasteiger partial charge in [0.25, 0.3) is 11.6 Å². The molecule has 0 aliphatic carbocycles. The summed E-state index contributed by atoms with van der Waals surface area (Å²) in [4.78, 5) is 9.25. The summed E-state index contributed by atoms with van der Waals surface area (Å²) < 4.78 is 53.7. The Morgan fingerprint density at radius 2 is 1.89 bits per heavy atom. The van der Waals surface area contributed by atoms with Crippen molar-refractivity contribution in [3.63, 3.8) is 0 Å². The Kier molecular flexibility index (Phi) is 5.01. The van der Waals surface area contributed by atoms with Gasteiger partial charge < -0.3 is 10.2 Å². The number of aromatic nitrogens is 4. The molecule has 27 heavy (non-hydrogen) atoms. The van der Waals surface area contributed by atoms with E-state index in [-0.39, 0.29) is 18.1 Å². The van der Waals surface area contributed by atoms with E-state index >= 15 is 0 Å². The van der Waals surface area contributed by atoms with Crippen molar-refractivity contribution >= 4 is 11.6 Å². The molecule has 0 fully saturated rings. The molecule has 2 aromatic heterocycles. The maximum atomic E-state index is 14.2. The summed E-state index contributed by atoms with van der Waals surface area (Å²) in [5.41, 5.74) is 1.70. The van der Waals surface area contributed by atoms with Gasteiger partial charge in [-0.15, -0.1) is 5.10 Å². The van der Waals surface area contributed by atoms with Gasteiger partial charge in [-0.05, 0) is 32.6 Å². The standard InChI is InChI=1S/C17H18F4N6/c1-10-6-14(27-16(23-10)24-15(25-27)17(19,20)21)22-8-11-4-5-12(9-26(2)3)13(18)7-11/h4-7,22H,8-9H2,1-3H3. The average molecular weight is 382 g/mol. The molecule has 144 valence electrons. The summed E-state index contributed by atoms with van der Waals surface area (Å²) in [7, 11) is 3.69. The van der Waals surface area contributed by atoms with Crippen LogP contribution in [0, 0.1) is 12.7 Å². The molecule has 0 spiro atoms. The highest BCUT2D eigenvalue weighted by atomic mass is 19.4. The van der Waals surface area contributed by atoms with Crippen molar-refractivity contribution in [3.05, 3.63) is 52.7 Å². The fraction of sp³-hybridized carbons (Fsp3) is 0.353. The summed E-state index contributed by atoms with van der Waals surface area (Å²) in [6, 6.07) is 6.41. The van der Waals surface area contributed by atoms with E-state index in [0.29, 0.717) is 29.2 Å². The van der Waals surface area contributed by atoms with Crippen LogP contribution in [0.3, 0.4) is 0 Å². The zero-order chi connectivity index (χ0) is 19.8. The van der Waals surface area contributed by atoms with Crippen molar-refractivity contribution < 1.29 is 17.6 Å². The van der Waals surface area contributed by atoms with Gasteiger partial charge in [0.05, 0.1) is 0 Å². The first kappa shape index (κ1) is 19.0. The number of alkyl halides is 3. The minimum absolute atomic E-state index is 0.155. The minimum atomic E-state index is -4.66. The normalized spacial score (nSPS) is 12.1. The predicted molar refractivity (Wildman–Crippen MR) is 91.6 cm³/mol.